The summed E-state index contributed by atoms with van der Waals surface area (Å²) >= 11 is 0. The van der Waals surface area contributed by atoms with E-state index < -0.39 is 12.0 Å². The number of unbranched alkanes of at least 4 members (excludes halogenated alkanes) is 1. The first-order valence-electron chi connectivity index (χ1n) is 10.0. The Kier molecular flexibility index (Phi) is 8.37. The number of ether oxygens (including phenoxy) is 1. The number of benzene rings is 2. The Labute approximate surface area is 178 Å². The van der Waals surface area contributed by atoms with Crippen LogP contribution in [0.4, 0.5) is 0 Å². The zero-order valence-electron chi connectivity index (χ0n) is 17.9. The lowest BCUT2D eigenvalue weighted by Crippen LogP contribution is -2.45. The molecule has 2 rings (SSSR count). The summed E-state index contributed by atoms with van der Waals surface area (Å²) in [5.74, 6) is -0.596. The number of hydrogen-bond donors (Lipinski definition) is 0. The van der Waals surface area contributed by atoms with Gasteiger partial charge in [0.1, 0.15) is 0 Å². The van der Waals surface area contributed by atoms with E-state index in [0.717, 1.165) is 29.5 Å². The SMILES string of the molecule is C=C(C)[C@@H](C(=O)OC)N(Cc1ccc(-c2ccccc2C#N)cc1)C(=O)CCCC. The summed E-state index contributed by atoms with van der Waals surface area (Å²) in [6, 6.07) is 16.5. The normalized spacial score (nSPS) is 11.3. The molecule has 0 N–H and O–H groups in total. The van der Waals surface area contributed by atoms with Crippen LogP contribution in [0.3, 0.4) is 0 Å². The van der Waals surface area contributed by atoms with E-state index in [9.17, 15) is 14.9 Å². The number of methoxy groups -OCH3 is 1. The van der Waals surface area contributed by atoms with Crippen molar-refractivity contribution in [2.75, 3.05) is 7.11 Å². The van der Waals surface area contributed by atoms with Gasteiger partial charge in [0, 0.05) is 13.0 Å². The fraction of sp³-hybridized carbons (Fsp3) is 0.320. The van der Waals surface area contributed by atoms with Gasteiger partial charge in [-0.2, -0.15) is 5.26 Å². The van der Waals surface area contributed by atoms with E-state index in [1.165, 1.54) is 7.11 Å². The number of esters is 1. The van der Waals surface area contributed by atoms with Crippen molar-refractivity contribution >= 4 is 11.9 Å². The highest BCUT2D eigenvalue weighted by Crippen LogP contribution is 2.25. The van der Waals surface area contributed by atoms with Gasteiger partial charge in [-0.15, -0.1) is 0 Å². The Morgan fingerprint density at radius 3 is 2.40 bits per heavy atom. The van der Waals surface area contributed by atoms with Crippen LogP contribution < -0.4 is 0 Å². The second-order valence-corrected chi connectivity index (χ2v) is 7.25. The van der Waals surface area contributed by atoms with Crippen LogP contribution >= 0.6 is 0 Å². The van der Waals surface area contributed by atoms with E-state index in [4.69, 9.17) is 4.74 Å². The van der Waals surface area contributed by atoms with Crippen molar-refractivity contribution in [3.05, 3.63) is 71.8 Å². The van der Waals surface area contributed by atoms with Gasteiger partial charge >= 0.3 is 5.97 Å². The van der Waals surface area contributed by atoms with Crippen LogP contribution in [0.25, 0.3) is 11.1 Å². The van der Waals surface area contributed by atoms with Gasteiger partial charge in [0.15, 0.2) is 6.04 Å². The molecule has 0 heterocycles. The molecule has 2 aromatic rings. The van der Waals surface area contributed by atoms with Gasteiger partial charge < -0.3 is 9.64 Å². The third-order valence-electron chi connectivity index (χ3n) is 4.93. The minimum absolute atomic E-state index is 0.103. The van der Waals surface area contributed by atoms with E-state index in [0.29, 0.717) is 17.6 Å². The molecule has 156 valence electrons. The van der Waals surface area contributed by atoms with E-state index in [2.05, 4.69) is 12.6 Å². The van der Waals surface area contributed by atoms with Gasteiger partial charge in [0.25, 0.3) is 0 Å². The van der Waals surface area contributed by atoms with Gasteiger partial charge in [-0.1, -0.05) is 62.4 Å². The molecule has 5 nitrogen and oxygen atoms in total. The molecule has 1 atom stereocenters. The highest BCUT2D eigenvalue weighted by molar-refractivity contribution is 5.86. The van der Waals surface area contributed by atoms with Crippen molar-refractivity contribution in [2.45, 2.75) is 45.7 Å². The molecule has 0 spiro atoms. The molecule has 0 aliphatic heterocycles. The van der Waals surface area contributed by atoms with Crippen molar-refractivity contribution in [3.63, 3.8) is 0 Å². The first-order chi connectivity index (χ1) is 14.4. The monoisotopic (exact) mass is 404 g/mol. The average Bonchev–Trinajstić information content (AvgIpc) is 2.77. The standard InChI is InChI=1S/C25H28N2O3/c1-5-6-11-23(28)27(24(18(2)3)25(29)30-4)17-19-12-14-20(15-13-19)22-10-8-7-9-21(22)16-26/h7-10,12-15,24H,2,5-6,11,17H2,1,3-4H3/t24-/m0/s1. The van der Waals surface area contributed by atoms with Crippen LogP contribution in [0.15, 0.2) is 60.7 Å². The molecule has 0 fully saturated rings. The van der Waals surface area contributed by atoms with Gasteiger partial charge in [-0.25, -0.2) is 4.79 Å². The van der Waals surface area contributed by atoms with Crippen molar-refractivity contribution < 1.29 is 14.3 Å². The number of nitrogens with zero attached hydrogens (tertiary/aromatic N) is 2. The van der Waals surface area contributed by atoms with E-state index in [-0.39, 0.29) is 12.5 Å². The Morgan fingerprint density at radius 2 is 1.83 bits per heavy atom. The highest BCUT2D eigenvalue weighted by atomic mass is 16.5. The number of rotatable bonds is 9. The molecule has 5 heteroatoms. The quantitative estimate of drug-likeness (QED) is 0.442. The van der Waals surface area contributed by atoms with Crippen molar-refractivity contribution in [1.82, 2.24) is 4.90 Å². The summed E-state index contributed by atoms with van der Waals surface area (Å²) in [6.45, 7) is 7.92. The second-order valence-electron chi connectivity index (χ2n) is 7.25. The van der Waals surface area contributed by atoms with Crippen LogP contribution in [-0.2, 0) is 20.9 Å². The molecule has 2 aromatic carbocycles. The summed E-state index contributed by atoms with van der Waals surface area (Å²) in [5, 5.41) is 9.33. The molecule has 0 aromatic heterocycles. The summed E-state index contributed by atoms with van der Waals surface area (Å²) < 4.78 is 4.93. The second kappa shape index (κ2) is 11.0. The largest absolute Gasteiger partial charge is 0.467 e. The smallest absolute Gasteiger partial charge is 0.332 e. The number of hydrogen-bond acceptors (Lipinski definition) is 4. The lowest BCUT2D eigenvalue weighted by molar-refractivity contribution is -0.151. The number of carbonyl (C=O) groups excluding carboxylic acids is 2. The predicted molar refractivity (Wildman–Crippen MR) is 117 cm³/mol. The molecule has 0 unspecified atom stereocenters. The first kappa shape index (κ1) is 22.9. The number of nitriles is 1. The lowest BCUT2D eigenvalue weighted by atomic mass is 9.99. The average molecular weight is 405 g/mol. The lowest BCUT2D eigenvalue weighted by Gasteiger charge is -2.30. The zero-order valence-corrected chi connectivity index (χ0v) is 17.9. The number of carbonyl (C=O) groups is 2. The van der Waals surface area contributed by atoms with E-state index >= 15 is 0 Å². The summed E-state index contributed by atoms with van der Waals surface area (Å²) in [5.41, 5.74) is 3.83. The molecule has 0 saturated heterocycles. The Balaban J connectivity index is 2.33. The summed E-state index contributed by atoms with van der Waals surface area (Å²) in [4.78, 5) is 26.8. The fourth-order valence-corrected chi connectivity index (χ4v) is 3.32. The van der Waals surface area contributed by atoms with Crippen molar-refractivity contribution in [1.29, 1.82) is 5.26 Å². The van der Waals surface area contributed by atoms with Crippen LogP contribution in [-0.4, -0.2) is 29.9 Å². The molecule has 0 aliphatic rings. The minimum Gasteiger partial charge on any atom is -0.467 e. The van der Waals surface area contributed by atoms with Gasteiger partial charge in [0.2, 0.25) is 5.91 Å². The van der Waals surface area contributed by atoms with Gasteiger partial charge in [-0.3, -0.25) is 4.79 Å². The molecule has 0 aliphatic carbocycles. The Bertz CT molecular complexity index is 942. The molecule has 0 radical (unpaired) electrons. The maximum absolute atomic E-state index is 12.9. The molecular weight excluding hydrogens is 376 g/mol. The van der Waals surface area contributed by atoms with Crippen LogP contribution in [0, 0.1) is 11.3 Å². The topological polar surface area (TPSA) is 70.4 Å². The molecule has 0 saturated carbocycles. The predicted octanol–water partition coefficient (Wildman–Crippen LogP) is 4.86. The van der Waals surface area contributed by atoms with Crippen LogP contribution in [0.1, 0.15) is 44.2 Å². The van der Waals surface area contributed by atoms with E-state index in [1.807, 2.05) is 49.4 Å². The third-order valence-corrected chi connectivity index (χ3v) is 4.93. The third kappa shape index (κ3) is 5.57. The first-order valence-corrected chi connectivity index (χ1v) is 10.0. The van der Waals surface area contributed by atoms with Gasteiger partial charge in [0.05, 0.1) is 18.7 Å². The fourth-order valence-electron chi connectivity index (χ4n) is 3.32. The molecule has 1 amide bonds. The Hall–Kier alpha value is -3.39. The summed E-state index contributed by atoms with van der Waals surface area (Å²) in [6.07, 6.45) is 2.01. The van der Waals surface area contributed by atoms with E-state index in [1.54, 1.807) is 17.9 Å². The zero-order chi connectivity index (χ0) is 22.1. The van der Waals surface area contributed by atoms with Crippen LogP contribution in [0.5, 0.6) is 0 Å². The number of amides is 1. The maximum Gasteiger partial charge on any atom is 0.332 e. The van der Waals surface area contributed by atoms with Crippen molar-refractivity contribution in [2.24, 2.45) is 0 Å². The molecule has 0 bridgehead atoms. The molecule has 30 heavy (non-hydrogen) atoms. The minimum atomic E-state index is -0.821. The van der Waals surface area contributed by atoms with Crippen molar-refractivity contribution in [3.8, 4) is 17.2 Å². The van der Waals surface area contributed by atoms with Gasteiger partial charge in [-0.05, 0) is 41.7 Å². The van der Waals surface area contributed by atoms with Crippen LogP contribution in [0.2, 0.25) is 0 Å². The maximum atomic E-state index is 12.9. The molecular formula is C25H28N2O3. The highest BCUT2D eigenvalue weighted by Gasteiger charge is 2.31. The Morgan fingerprint density at radius 1 is 1.17 bits per heavy atom. The summed E-state index contributed by atoms with van der Waals surface area (Å²) in [7, 11) is 1.31.